The second-order valence-corrected chi connectivity index (χ2v) is 19.9. The predicted molar refractivity (Wildman–Crippen MR) is 319 cm³/mol. The molecule has 0 spiro atoms. The van der Waals surface area contributed by atoms with E-state index >= 15 is 8.78 Å². The van der Waals surface area contributed by atoms with Gasteiger partial charge in [0.1, 0.15) is 0 Å². The van der Waals surface area contributed by atoms with Crippen LogP contribution in [0.25, 0.3) is 76.8 Å². The lowest BCUT2D eigenvalue weighted by Gasteiger charge is -2.32. The molecule has 0 aliphatic carbocycles. The summed E-state index contributed by atoms with van der Waals surface area (Å²) in [5.74, 6) is -1.39. The van der Waals surface area contributed by atoms with Crippen molar-refractivity contribution in [1.82, 2.24) is 0 Å². The zero-order valence-electron chi connectivity index (χ0n) is 53.5. The van der Waals surface area contributed by atoms with Crippen LogP contribution in [-0.4, -0.2) is 0 Å². The van der Waals surface area contributed by atoms with Crippen LogP contribution in [0.2, 0.25) is 0 Å². The van der Waals surface area contributed by atoms with Crippen molar-refractivity contribution in [3.05, 3.63) is 262 Å². The van der Waals surface area contributed by atoms with E-state index in [-0.39, 0.29) is 45.3 Å². The van der Waals surface area contributed by atoms with Crippen LogP contribution in [0.3, 0.4) is 0 Å². The maximum absolute atomic E-state index is 19.1. The van der Waals surface area contributed by atoms with Crippen LogP contribution in [0.5, 0.6) is 0 Å². The van der Waals surface area contributed by atoms with Crippen LogP contribution >= 0.6 is 0 Å². The third-order valence-corrected chi connectivity index (χ3v) is 15.2. The minimum absolute atomic E-state index is 0.0533. The first-order valence-corrected chi connectivity index (χ1v) is 25.4. The van der Waals surface area contributed by atoms with E-state index in [9.17, 15) is 5.48 Å². The molecule has 0 aliphatic heterocycles. The van der Waals surface area contributed by atoms with Gasteiger partial charge in [0.15, 0.2) is 11.6 Å². The van der Waals surface area contributed by atoms with Crippen molar-refractivity contribution >= 4 is 66.4 Å². The van der Waals surface area contributed by atoms with Crippen molar-refractivity contribution in [3.8, 4) is 44.5 Å². The van der Waals surface area contributed by atoms with Crippen LogP contribution < -0.4 is 9.80 Å². The average molecular weight is 999 g/mol. The smallest absolute Gasteiger partial charge is 0.155 e. The van der Waals surface area contributed by atoms with Gasteiger partial charge in [0.05, 0.1) is 36.5 Å². The number of nitrogens with zero attached hydrogens (tertiary/aromatic N) is 2. The normalized spacial score (nSPS) is 13.4. The molecule has 370 valence electrons. The fraction of sp³-hybridized carbons (Fsp3) is 0.111. The van der Waals surface area contributed by atoms with Crippen LogP contribution in [0, 0.1) is 67.0 Å². The van der Waals surface area contributed by atoms with E-state index in [0.717, 1.165) is 44.5 Å². The summed E-state index contributed by atoms with van der Waals surface area (Å²) in [6.07, 6.45) is 0. The molecule has 0 radical (unpaired) electrons. The molecule has 0 saturated heterocycles. The number of aryl methyl sites for hydroxylation is 8. The average Bonchev–Trinajstić information content (AvgIpc) is 0.781. The highest BCUT2D eigenvalue weighted by atomic mass is 19.1. The number of para-hydroxylation sites is 2. The Morgan fingerprint density at radius 1 is 0.316 bits per heavy atom. The van der Waals surface area contributed by atoms with E-state index in [1.807, 2.05) is 177 Å². The third-order valence-electron chi connectivity index (χ3n) is 15.2. The summed E-state index contributed by atoms with van der Waals surface area (Å²) < 4.78 is 131. The molecular formula is C72H58F2N2. The van der Waals surface area contributed by atoms with Crippen LogP contribution in [0.4, 0.5) is 42.9 Å². The lowest BCUT2D eigenvalue weighted by Crippen LogP contribution is -2.15. The molecule has 0 bridgehead atoms. The monoisotopic (exact) mass is 999 g/mol. The Bertz CT molecular complexity index is 4420. The molecule has 0 heterocycles. The van der Waals surface area contributed by atoms with Gasteiger partial charge in [0.25, 0.3) is 0 Å². The van der Waals surface area contributed by atoms with E-state index < -0.39 is 72.1 Å². The Hall–Kier alpha value is -8.86. The molecule has 12 rings (SSSR count). The maximum Gasteiger partial charge on any atom is 0.155 e. The third kappa shape index (κ3) is 7.82. The topological polar surface area (TPSA) is 6.48 Å². The Balaban J connectivity index is 1.25. The number of benzene rings is 12. The van der Waals surface area contributed by atoms with E-state index in [0.29, 0.717) is 65.7 Å². The molecule has 0 saturated carbocycles. The van der Waals surface area contributed by atoms with Crippen molar-refractivity contribution in [2.24, 2.45) is 0 Å². The van der Waals surface area contributed by atoms with Crippen molar-refractivity contribution in [1.29, 1.82) is 0 Å². The Morgan fingerprint density at radius 3 is 0.908 bits per heavy atom. The summed E-state index contributed by atoms with van der Waals surface area (Å²) in [4.78, 5) is 2.95. The minimum atomic E-state index is -0.693. The van der Waals surface area contributed by atoms with Gasteiger partial charge in [-0.05, 0) is 180 Å². The summed E-state index contributed by atoms with van der Waals surface area (Å²) in [5.41, 5.74) is 10.3. The zero-order valence-corrected chi connectivity index (χ0v) is 43.5. The number of hydrogen-bond donors (Lipinski definition) is 0. The fourth-order valence-corrected chi connectivity index (χ4v) is 11.9. The van der Waals surface area contributed by atoms with Crippen LogP contribution in [-0.2, 0) is 0 Å². The molecule has 4 heteroatoms. The molecule has 2 nitrogen and oxygen atoms in total. The zero-order chi connectivity index (χ0) is 61.2. The summed E-state index contributed by atoms with van der Waals surface area (Å²) in [7, 11) is 0. The summed E-state index contributed by atoms with van der Waals surface area (Å²) in [5, 5.41) is 3.60. The van der Waals surface area contributed by atoms with Crippen molar-refractivity contribution < 1.29 is 22.5 Å². The molecule has 0 aliphatic rings. The molecule has 0 amide bonds. The van der Waals surface area contributed by atoms with Gasteiger partial charge >= 0.3 is 0 Å². The number of hydrogen-bond acceptors (Lipinski definition) is 2. The summed E-state index contributed by atoms with van der Waals surface area (Å²) in [6.45, 7) is 15.3. The van der Waals surface area contributed by atoms with Crippen LogP contribution in [0.1, 0.15) is 58.2 Å². The van der Waals surface area contributed by atoms with Gasteiger partial charge in [-0.2, -0.15) is 0 Å². The van der Waals surface area contributed by atoms with E-state index in [1.54, 1.807) is 24.3 Å². The van der Waals surface area contributed by atoms with Gasteiger partial charge in [0.2, 0.25) is 0 Å². The van der Waals surface area contributed by atoms with E-state index in [1.165, 1.54) is 9.80 Å². The van der Waals surface area contributed by atoms with Gasteiger partial charge in [0, 0.05) is 44.4 Å². The summed E-state index contributed by atoms with van der Waals surface area (Å²) >= 11 is 0. The highest BCUT2D eigenvalue weighted by Gasteiger charge is 2.31. The highest BCUT2D eigenvalue weighted by Crippen LogP contribution is 2.53. The van der Waals surface area contributed by atoms with Gasteiger partial charge in [-0.25, -0.2) is 8.78 Å². The first-order chi connectivity index (χ1) is 41.0. The lowest BCUT2D eigenvalue weighted by atomic mass is 9.88. The Morgan fingerprint density at radius 2 is 0.592 bits per heavy atom. The number of anilines is 6. The molecule has 12 aromatic rings. The van der Waals surface area contributed by atoms with Crippen LogP contribution in [0.15, 0.2) is 206 Å². The number of rotatable bonds is 10. The van der Waals surface area contributed by atoms with Gasteiger partial charge in [-0.15, -0.1) is 0 Å². The highest BCUT2D eigenvalue weighted by molar-refractivity contribution is 6.28. The van der Waals surface area contributed by atoms with E-state index in [4.69, 9.17) is 8.22 Å². The standard InChI is InChI=1S/C72H58F2N2/c1-43-19-15-20-44(2)63(43)57-37-39-59(65-47(5)23-17-24-48(65)6)71(69(57)73)75(53-27-11-9-12-28-53)61-41-33-51-32-36-56-62(42-34-52-31-35-55(61)67(51)68(52)56)76(54-29-13-10-14-30-54)72-60(66-49(7)25-18-26-50(66)8)40-38-58(70(72)74)64-45(3)21-16-22-46(64)4/h9-42H,1-8H3/i9D,10D,11D,12D,13D,14D,27D,28D,29D,30D. The van der Waals surface area contributed by atoms with Crippen molar-refractivity contribution in [2.75, 3.05) is 9.80 Å². The molecule has 76 heavy (non-hydrogen) atoms. The van der Waals surface area contributed by atoms with Crippen molar-refractivity contribution in [2.45, 2.75) is 55.4 Å². The fourth-order valence-electron chi connectivity index (χ4n) is 11.9. The largest absolute Gasteiger partial charge is 0.307 e. The first-order valence-electron chi connectivity index (χ1n) is 30.4. The molecule has 0 N–H and O–H groups in total. The first kappa shape index (κ1) is 37.8. The lowest BCUT2D eigenvalue weighted by molar-refractivity contribution is 0.632. The van der Waals surface area contributed by atoms with Gasteiger partial charge in [-0.3, -0.25) is 0 Å². The second-order valence-electron chi connectivity index (χ2n) is 19.9. The van der Waals surface area contributed by atoms with Gasteiger partial charge in [-0.1, -0.05) is 170 Å². The molecule has 0 aromatic heterocycles. The second kappa shape index (κ2) is 19.1. The Labute approximate surface area is 459 Å². The Kier molecular flexibility index (Phi) is 9.51. The van der Waals surface area contributed by atoms with E-state index in [2.05, 4.69) is 0 Å². The summed E-state index contributed by atoms with van der Waals surface area (Å²) in [6, 6.07) is 38.9. The molecule has 0 atom stereocenters. The van der Waals surface area contributed by atoms with Gasteiger partial charge < -0.3 is 9.80 Å². The minimum Gasteiger partial charge on any atom is -0.307 e. The molecule has 12 aromatic carbocycles. The molecular weight excluding hydrogens is 931 g/mol. The predicted octanol–water partition coefficient (Wildman–Crippen LogP) is 20.9. The maximum atomic E-state index is 19.1. The molecule has 0 unspecified atom stereocenters. The number of halogens is 2. The quantitative estimate of drug-likeness (QED) is 0.126. The van der Waals surface area contributed by atoms with Crippen molar-refractivity contribution in [3.63, 3.8) is 0 Å². The molecule has 0 fully saturated rings. The SMILES string of the molecule is [2H]c1c([2H])c([2H])c(N(c2c(-c3c(C)cccc3C)ccc(-c3c(C)cccc3C)c2F)c2ccc3ccc4c(N(c5c([2H])c([2H])c([2H])c([2H])c5[2H])c5c(-c6c(C)cccc6C)ccc(-c6c(C)cccc6C)c5F)ccc5ccc2c3c54)c([2H])c1[2H].